The number of hydrogen-bond acceptors (Lipinski definition) is 3. The molecule has 0 saturated heterocycles. The standard InChI is InChI=1S/C10H9BrClN3O.H2S/c11-8-7-9(12)13-1-2-15(7)10(14-8)5-3-6(16)4-5;/h1-2,5-6,16H,3-4H2;1H2. The molecule has 7 heteroatoms. The van der Waals surface area contributed by atoms with E-state index in [-0.39, 0.29) is 19.6 Å². The van der Waals surface area contributed by atoms with Crippen molar-refractivity contribution in [2.24, 2.45) is 0 Å². The second-order valence-corrected chi connectivity index (χ2v) is 5.13. The Morgan fingerprint density at radius 1 is 1.47 bits per heavy atom. The van der Waals surface area contributed by atoms with Gasteiger partial charge in [0, 0.05) is 18.3 Å². The Balaban J connectivity index is 0.00000108. The van der Waals surface area contributed by atoms with Crippen molar-refractivity contribution in [3.63, 3.8) is 0 Å². The zero-order valence-corrected chi connectivity index (χ0v) is 12.1. The summed E-state index contributed by atoms with van der Waals surface area (Å²) in [5.41, 5.74) is 0.792. The lowest BCUT2D eigenvalue weighted by molar-refractivity contribution is 0.0715. The fraction of sp³-hybridized carbons (Fsp3) is 0.400. The Hall–Kier alpha value is -0.300. The van der Waals surface area contributed by atoms with Crippen LogP contribution in [0.3, 0.4) is 0 Å². The molecule has 2 aromatic rings. The van der Waals surface area contributed by atoms with E-state index in [1.165, 1.54) is 0 Å². The third-order valence-electron chi connectivity index (χ3n) is 2.97. The second kappa shape index (κ2) is 4.76. The summed E-state index contributed by atoms with van der Waals surface area (Å²) < 4.78 is 2.65. The first-order valence-electron chi connectivity index (χ1n) is 5.03. The number of halogens is 2. The van der Waals surface area contributed by atoms with Crippen LogP contribution in [0.25, 0.3) is 5.52 Å². The normalized spacial score (nSPS) is 23.2. The van der Waals surface area contributed by atoms with E-state index in [4.69, 9.17) is 11.6 Å². The summed E-state index contributed by atoms with van der Waals surface area (Å²) in [7, 11) is 0. The molecule has 4 nitrogen and oxygen atoms in total. The highest BCUT2D eigenvalue weighted by Gasteiger charge is 2.32. The van der Waals surface area contributed by atoms with Gasteiger partial charge in [0.1, 0.15) is 15.9 Å². The number of rotatable bonds is 1. The lowest BCUT2D eigenvalue weighted by atomic mass is 9.82. The van der Waals surface area contributed by atoms with E-state index in [0.29, 0.717) is 15.7 Å². The molecule has 0 aliphatic heterocycles. The molecule has 1 saturated carbocycles. The van der Waals surface area contributed by atoms with Crippen LogP contribution in [0.15, 0.2) is 17.0 Å². The van der Waals surface area contributed by atoms with Crippen LogP contribution in [-0.2, 0) is 0 Å². The van der Waals surface area contributed by atoms with Crippen molar-refractivity contribution in [1.29, 1.82) is 0 Å². The van der Waals surface area contributed by atoms with Crippen molar-refractivity contribution in [2.75, 3.05) is 0 Å². The minimum absolute atomic E-state index is 0. The molecule has 1 aliphatic rings. The molecule has 1 aliphatic carbocycles. The SMILES string of the molecule is OC1CC(c2nc(Br)c3c(Cl)nccn23)C1.S. The van der Waals surface area contributed by atoms with Gasteiger partial charge in [-0.2, -0.15) is 13.5 Å². The highest BCUT2D eigenvalue weighted by atomic mass is 79.9. The molecule has 0 bridgehead atoms. The Kier molecular flexibility index (Phi) is 3.68. The van der Waals surface area contributed by atoms with Gasteiger partial charge >= 0.3 is 0 Å². The molecule has 2 aromatic heterocycles. The van der Waals surface area contributed by atoms with Crippen LogP contribution in [0.5, 0.6) is 0 Å². The van der Waals surface area contributed by atoms with Crippen molar-refractivity contribution in [2.45, 2.75) is 24.9 Å². The van der Waals surface area contributed by atoms with Crippen LogP contribution >= 0.6 is 41.0 Å². The van der Waals surface area contributed by atoms with Gasteiger partial charge in [-0.3, -0.25) is 4.40 Å². The molecule has 0 unspecified atom stereocenters. The third kappa shape index (κ3) is 2.07. The van der Waals surface area contributed by atoms with Gasteiger partial charge < -0.3 is 5.11 Å². The molecule has 0 spiro atoms. The first-order chi connectivity index (χ1) is 7.66. The molecule has 0 atom stereocenters. The second-order valence-electron chi connectivity index (χ2n) is 4.02. The summed E-state index contributed by atoms with van der Waals surface area (Å²) in [6.07, 6.45) is 4.85. The van der Waals surface area contributed by atoms with Gasteiger partial charge in [-0.1, -0.05) is 11.6 Å². The molecule has 2 heterocycles. The molecule has 17 heavy (non-hydrogen) atoms. The predicted molar refractivity (Wildman–Crippen MR) is 74.1 cm³/mol. The zero-order chi connectivity index (χ0) is 11.3. The first-order valence-corrected chi connectivity index (χ1v) is 6.20. The van der Waals surface area contributed by atoms with E-state index in [0.717, 1.165) is 24.2 Å². The summed E-state index contributed by atoms with van der Waals surface area (Å²) >= 11 is 9.41. The maximum absolute atomic E-state index is 9.33. The molecule has 0 radical (unpaired) electrons. The first kappa shape index (κ1) is 13.1. The maximum Gasteiger partial charge on any atom is 0.155 e. The minimum Gasteiger partial charge on any atom is -0.393 e. The van der Waals surface area contributed by atoms with Crippen LogP contribution in [-0.4, -0.2) is 25.6 Å². The Bertz CT molecular complexity index is 556. The summed E-state index contributed by atoms with van der Waals surface area (Å²) in [5.74, 6) is 1.25. The van der Waals surface area contributed by atoms with Gasteiger partial charge in [0.05, 0.1) is 6.10 Å². The van der Waals surface area contributed by atoms with E-state index in [1.807, 2.05) is 10.6 Å². The summed E-state index contributed by atoms with van der Waals surface area (Å²) in [6.45, 7) is 0. The quantitative estimate of drug-likeness (QED) is 0.870. The third-order valence-corrected chi connectivity index (χ3v) is 3.80. The minimum atomic E-state index is -0.187. The number of fused-ring (bicyclic) bond motifs is 1. The average Bonchev–Trinajstić information content (AvgIpc) is 2.53. The lowest BCUT2D eigenvalue weighted by Gasteiger charge is -2.30. The number of nitrogens with zero attached hydrogens (tertiary/aromatic N) is 3. The van der Waals surface area contributed by atoms with Crippen molar-refractivity contribution in [3.8, 4) is 0 Å². The fourth-order valence-electron chi connectivity index (χ4n) is 2.07. The molecule has 3 rings (SSSR count). The Labute approximate surface area is 119 Å². The van der Waals surface area contributed by atoms with Crippen molar-refractivity contribution >= 4 is 46.5 Å². The van der Waals surface area contributed by atoms with Crippen molar-refractivity contribution < 1.29 is 5.11 Å². The molecule has 92 valence electrons. The Morgan fingerprint density at radius 2 is 2.18 bits per heavy atom. The molecule has 0 aromatic carbocycles. The monoisotopic (exact) mass is 335 g/mol. The number of aliphatic hydroxyl groups excluding tert-OH is 1. The van der Waals surface area contributed by atoms with Crippen LogP contribution in [0, 0.1) is 0 Å². The van der Waals surface area contributed by atoms with Gasteiger partial charge in [-0.25, -0.2) is 9.97 Å². The molecule has 1 N–H and O–H groups in total. The number of aromatic nitrogens is 3. The van der Waals surface area contributed by atoms with Crippen LogP contribution in [0.1, 0.15) is 24.6 Å². The van der Waals surface area contributed by atoms with E-state index >= 15 is 0 Å². The average molecular weight is 337 g/mol. The largest absolute Gasteiger partial charge is 0.393 e. The maximum atomic E-state index is 9.33. The van der Waals surface area contributed by atoms with E-state index < -0.39 is 0 Å². The molecule has 0 amide bonds. The zero-order valence-electron chi connectivity index (χ0n) is 8.77. The van der Waals surface area contributed by atoms with Gasteiger partial charge in [0.2, 0.25) is 0 Å². The van der Waals surface area contributed by atoms with E-state index in [2.05, 4.69) is 25.9 Å². The number of imidazole rings is 1. The highest BCUT2D eigenvalue weighted by molar-refractivity contribution is 9.10. The molecular formula is C10H11BrClN3OS. The number of aliphatic hydroxyl groups is 1. The van der Waals surface area contributed by atoms with Crippen LogP contribution < -0.4 is 0 Å². The van der Waals surface area contributed by atoms with Crippen molar-refractivity contribution in [3.05, 3.63) is 28.0 Å². The van der Waals surface area contributed by atoms with E-state index in [1.54, 1.807) is 6.20 Å². The topological polar surface area (TPSA) is 50.4 Å². The summed E-state index contributed by atoms with van der Waals surface area (Å²) in [5, 5.41) is 9.76. The van der Waals surface area contributed by atoms with Gasteiger partial charge in [0.25, 0.3) is 0 Å². The predicted octanol–water partition coefficient (Wildman–Crippen LogP) is 2.50. The smallest absolute Gasteiger partial charge is 0.155 e. The number of hydrogen-bond donors (Lipinski definition) is 1. The molecular weight excluding hydrogens is 326 g/mol. The lowest BCUT2D eigenvalue weighted by Crippen LogP contribution is -2.27. The van der Waals surface area contributed by atoms with Crippen LogP contribution in [0.4, 0.5) is 0 Å². The van der Waals surface area contributed by atoms with Gasteiger partial charge in [-0.05, 0) is 28.8 Å². The van der Waals surface area contributed by atoms with Crippen LogP contribution in [0.2, 0.25) is 5.15 Å². The summed E-state index contributed by atoms with van der Waals surface area (Å²) in [4.78, 5) is 8.48. The van der Waals surface area contributed by atoms with Gasteiger partial charge in [-0.15, -0.1) is 0 Å². The van der Waals surface area contributed by atoms with E-state index in [9.17, 15) is 5.11 Å². The molecule has 1 fully saturated rings. The van der Waals surface area contributed by atoms with Crippen molar-refractivity contribution in [1.82, 2.24) is 14.4 Å². The summed E-state index contributed by atoms with van der Waals surface area (Å²) in [6, 6.07) is 0. The van der Waals surface area contributed by atoms with Gasteiger partial charge in [0.15, 0.2) is 5.15 Å². The highest BCUT2D eigenvalue weighted by Crippen LogP contribution is 2.38. The Morgan fingerprint density at radius 3 is 2.82 bits per heavy atom. The fourth-order valence-corrected chi connectivity index (χ4v) is 2.98.